The SMILES string of the molecule is CCNC(CC)CCCCCN(C(C)C)C(C)C. The van der Waals surface area contributed by atoms with Crippen LogP contribution in [0.25, 0.3) is 0 Å². The number of unbranched alkanes of at least 4 members (excludes halogenated alkanes) is 2. The van der Waals surface area contributed by atoms with Crippen molar-refractivity contribution in [3.63, 3.8) is 0 Å². The van der Waals surface area contributed by atoms with E-state index in [1.807, 2.05) is 0 Å². The zero-order valence-electron chi connectivity index (χ0n) is 13.6. The number of hydrogen-bond acceptors (Lipinski definition) is 2. The van der Waals surface area contributed by atoms with Crippen LogP contribution >= 0.6 is 0 Å². The Kier molecular flexibility index (Phi) is 10.8. The summed E-state index contributed by atoms with van der Waals surface area (Å²) in [6.45, 7) is 16.1. The van der Waals surface area contributed by atoms with Crippen LogP contribution in [0.15, 0.2) is 0 Å². The Morgan fingerprint density at radius 1 is 0.889 bits per heavy atom. The summed E-state index contributed by atoms with van der Waals surface area (Å²) in [6, 6.07) is 2.09. The first kappa shape index (κ1) is 17.9. The van der Waals surface area contributed by atoms with Gasteiger partial charge in [-0.2, -0.15) is 0 Å². The highest BCUT2D eigenvalue weighted by atomic mass is 15.2. The van der Waals surface area contributed by atoms with Crippen LogP contribution in [-0.2, 0) is 0 Å². The smallest absolute Gasteiger partial charge is 0.00643 e. The minimum atomic E-state index is 0.676. The summed E-state index contributed by atoms with van der Waals surface area (Å²) in [5.41, 5.74) is 0. The average Bonchev–Trinajstić information content (AvgIpc) is 2.30. The van der Waals surface area contributed by atoms with Crippen LogP contribution in [0.3, 0.4) is 0 Å². The molecular weight excluding hydrogens is 220 g/mol. The second kappa shape index (κ2) is 10.8. The lowest BCUT2D eigenvalue weighted by molar-refractivity contribution is 0.171. The molecule has 0 amide bonds. The monoisotopic (exact) mass is 256 g/mol. The molecule has 2 nitrogen and oxygen atoms in total. The zero-order valence-corrected chi connectivity index (χ0v) is 13.6. The third kappa shape index (κ3) is 8.10. The molecule has 1 atom stereocenters. The maximum absolute atomic E-state index is 3.56. The molecule has 0 saturated carbocycles. The van der Waals surface area contributed by atoms with Crippen LogP contribution in [0.4, 0.5) is 0 Å². The van der Waals surface area contributed by atoms with Crippen LogP contribution < -0.4 is 5.32 Å². The summed E-state index contributed by atoms with van der Waals surface area (Å²) in [7, 11) is 0. The van der Waals surface area contributed by atoms with E-state index in [0.717, 1.165) is 12.6 Å². The molecule has 0 bridgehead atoms. The van der Waals surface area contributed by atoms with Crippen molar-refractivity contribution in [2.24, 2.45) is 0 Å². The van der Waals surface area contributed by atoms with E-state index in [1.165, 1.54) is 38.6 Å². The van der Waals surface area contributed by atoms with Crippen molar-refractivity contribution in [1.82, 2.24) is 10.2 Å². The molecule has 0 aromatic carbocycles. The van der Waals surface area contributed by atoms with Gasteiger partial charge in [0.1, 0.15) is 0 Å². The van der Waals surface area contributed by atoms with Gasteiger partial charge in [0.15, 0.2) is 0 Å². The fraction of sp³-hybridized carbons (Fsp3) is 1.00. The van der Waals surface area contributed by atoms with E-state index in [9.17, 15) is 0 Å². The van der Waals surface area contributed by atoms with Crippen molar-refractivity contribution < 1.29 is 0 Å². The fourth-order valence-corrected chi connectivity index (χ4v) is 2.71. The molecule has 0 aliphatic heterocycles. The van der Waals surface area contributed by atoms with Crippen molar-refractivity contribution >= 4 is 0 Å². The van der Waals surface area contributed by atoms with Gasteiger partial charge in [0.2, 0.25) is 0 Å². The quantitative estimate of drug-likeness (QED) is 0.561. The summed E-state index contributed by atoms with van der Waals surface area (Å²) < 4.78 is 0. The first-order valence-corrected chi connectivity index (χ1v) is 8.01. The molecule has 0 heterocycles. The summed E-state index contributed by atoms with van der Waals surface area (Å²) in [6.07, 6.45) is 6.69. The molecule has 0 spiro atoms. The van der Waals surface area contributed by atoms with E-state index in [1.54, 1.807) is 0 Å². The van der Waals surface area contributed by atoms with Crippen molar-refractivity contribution in [2.75, 3.05) is 13.1 Å². The number of rotatable bonds is 11. The summed E-state index contributed by atoms with van der Waals surface area (Å²) in [5, 5.41) is 3.56. The van der Waals surface area contributed by atoms with Crippen molar-refractivity contribution in [3.8, 4) is 0 Å². The maximum Gasteiger partial charge on any atom is 0.00643 e. The zero-order chi connectivity index (χ0) is 14.0. The third-order valence-corrected chi connectivity index (χ3v) is 3.78. The lowest BCUT2D eigenvalue weighted by Crippen LogP contribution is -2.37. The van der Waals surface area contributed by atoms with Gasteiger partial charge in [-0.1, -0.05) is 26.7 Å². The third-order valence-electron chi connectivity index (χ3n) is 3.78. The van der Waals surface area contributed by atoms with Crippen LogP contribution in [0.5, 0.6) is 0 Å². The van der Waals surface area contributed by atoms with Crippen molar-refractivity contribution in [2.45, 2.75) is 91.8 Å². The molecule has 0 aliphatic rings. The normalized spacial score (nSPS) is 13.8. The molecule has 0 aromatic rings. The molecule has 0 radical (unpaired) electrons. The summed E-state index contributed by atoms with van der Waals surface area (Å²) in [4.78, 5) is 2.60. The molecule has 0 fully saturated rings. The average molecular weight is 256 g/mol. The predicted molar refractivity (Wildman–Crippen MR) is 83.2 cm³/mol. The molecule has 1 unspecified atom stereocenters. The minimum absolute atomic E-state index is 0.676. The van der Waals surface area contributed by atoms with Crippen molar-refractivity contribution in [1.29, 1.82) is 0 Å². The second-order valence-corrected chi connectivity index (χ2v) is 5.94. The molecule has 110 valence electrons. The van der Waals surface area contributed by atoms with Gasteiger partial charge in [-0.25, -0.2) is 0 Å². The van der Waals surface area contributed by atoms with Crippen LogP contribution in [-0.4, -0.2) is 36.1 Å². The van der Waals surface area contributed by atoms with E-state index in [0.29, 0.717) is 12.1 Å². The molecular formula is C16H36N2. The Labute approximate surface area is 116 Å². The van der Waals surface area contributed by atoms with Crippen LogP contribution in [0, 0.1) is 0 Å². The number of nitrogens with zero attached hydrogens (tertiary/aromatic N) is 1. The molecule has 0 rings (SSSR count). The highest BCUT2D eigenvalue weighted by Crippen LogP contribution is 2.10. The highest BCUT2D eigenvalue weighted by molar-refractivity contribution is 4.68. The van der Waals surface area contributed by atoms with Gasteiger partial charge in [-0.05, 0) is 60.0 Å². The molecule has 0 saturated heterocycles. The van der Waals surface area contributed by atoms with E-state index < -0.39 is 0 Å². The van der Waals surface area contributed by atoms with Crippen molar-refractivity contribution in [3.05, 3.63) is 0 Å². The van der Waals surface area contributed by atoms with Gasteiger partial charge >= 0.3 is 0 Å². The lowest BCUT2D eigenvalue weighted by atomic mass is 10.1. The first-order chi connectivity index (χ1) is 8.52. The van der Waals surface area contributed by atoms with E-state index >= 15 is 0 Å². The van der Waals surface area contributed by atoms with Crippen LogP contribution in [0.2, 0.25) is 0 Å². The Balaban J connectivity index is 3.65. The van der Waals surface area contributed by atoms with Gasteiger partial charge in [0.05, 0.1) is 0 Å². The summed E-state index contributed by atoms with van der Waals surface area (Å²) in [5.74, 6) is 0. The predicted octanol–water partition coefficient (Wildman–Crippen LogP) is 4.05. The Morgan fingerprint density at radius 3 is 1.94 bits per heavy atom. The van der Waals surface area contributed by atoms with Gasteiger partial charge in [0.25, 0.3) is 0 Å². The largest absolute Gasteiger partial charge is 0.314 e. The molecule has 18 heavy (non-hydrogen) atoms. The first-order valence-electron chi connectivity index (χ1n) is 8.01. The summed E-state index contributed by atoms with van der Waals surface area (Å²) >= 11 is 0. The maximum atomic E-state index is 3.56. The highest BCUT2D eigenvalue weighted by Gasteiger charge is 2.12. The topological polar surface area (TPSA) is 15.3 Å². The standard InChI is InChI=1S/C16H36N2/c1-7-16(17-8-2)12-10-9-11-13-18(14(3)4)15(5)6/h14-17H,7-13H2,1-6H3. The van der Waals surface area contributed by atoms with Gasteiger partial charge in [-0.15, -0.1) is 0 Å². The van der Waals surface area contributed by atoms with Gasteiger partial charge < -0.3 is 5.32 Å². The van der Waals surface area contributed by atoms with Crippen LogP contribution in [0.1, 0.15) is 73.6 Å². The Hall–Kier alpha value is -0.0800. The molecule has 0 aliphatic carbocycles. The molecule has 2 heteroatoms. The van der Waals surface area contributed by atoms with E-state index in [2.05, 4.69) is 51.8 Å². The molecule has 0 aromatic heterocycles. The lowest BCUT2D eigenvalue weighted by Gasteiger charge is -2.30. The van der Waals surface area contributed by atoms with Gasteiger partial charge in [0, 0.05) is 18.1 Å². The van der Waals surface area contributed by atoms with E-state index in [4.69, 9.17) is 0 Å². The fourth-order valence-electron chi connectivity index (χ4n) is 2.71. The van der Waals surface area contributed by atoms with Gasteiger partial charge in [-0.3, -0.25) is 4.90 Å². The molecule has 1 N–H and O–H groups in total. The Morgan fingerprint density at radius 2 is 1.50 bits per heavy atom. The minimum Gasteiger partial charge on any atom is -0.314 e. The second-order valence-electron chi connectivity index (χ2n) is 5.94. The number of nitrogens with one attached hydrogen (secondary N) is 1. The Bertz CT molecular complexity index is 170. The number of hydrogen-bond donors (Lipinski definition) is 1. The van der Waals surface area contributed by atoms with E-state index in [-0.39, 0.29) is 0 Å².